The van der Waals surface area contributed by atoms with Gasteiger partial charge in [-0.1, -0.05) is 256 Å². The average Bonchev–Trinajstić information content (AvgIpc) is 3.30. The molecule has 0 aromatic heterocycles. The summed E-state index contributed by atoms with van der Waals surface area (Å²) >= 11 is 0. The Bertz CT molecular complexity index is 1110. The van der Waals surface area contributed by atoms with Crippen LogP contribution in [-0.2, 0) is 14.3 Å². The molecule has 0 aliphatic rings. The van der Waals surface area contributed by atoms with Crippen molar-refractivity contribution in [3.8, 4) is 0 Å². The van der Waals surface area contributed by atoms with Gasteiger partial charge in [0, 0.05) is 6.42 Å². The highest BCUT2D eigenvalue weighted by molar-refractivity contribution is 5.77. The lowest BCUT2D eigenvalue weighted by Gasteiger charge is -2.24. The fraction of sp³-hybridized carbons (Fsp3) is 0.831. The highest BCUT2D eigenvalue weighted by Crippen LogP contribution is 2.18. The zero-order valence-electron chi connectivity index (χ0n) is 43.4. The maximum absolute atomic E-state index is 13.2. The van der Waals surface area contributed by atoms with Crippen LogP contribution in [0.25, 0.3) is 0 Å². The van der Waals surface area contributed by atoms with E-state index in [-0.39, 0.29) is 24.9 Å². The fourth-order valence-electron chi connectivity index (χ4n) is 8.66. The first-order valence-corrected chi connectivity index (χ1v) is 28.4. The van der Waals surface area contributed by atoms with Gasteiger partial charge in [0.05, 0.1) is 25.2 Å². The number of allylic oxidation sites excluding steroid dienone is 8. The molecule has 0 radical (unpaired) electrons. The van der Waals surface area contributed by atoms with E-state index < -0.39 is 18.2 Å². The molecular weight excluding hydrogens is 803 g/mol. The summed E-state index contributed by atoms with van der Waals surface area (Å²) in [7, 11) is 0. The van der Waals surface area contributed by atoms with Crippen molar-refractivity contribution in [1.29, 1.82) is 0 Å². The van der Waals surface area contributed by atoms with E-state index >= 15 is 0 Å². The van der Waals surface area contributed by atoms with Crippen LogP contribution in [0.15, 0.2) is 48.6 Å². The molecule has 0 rings (SSSR count). The minimum Gasteiger partial charge on any atom is -0.462 e. The van der Waals surface area contributed by atoms with E-state index in [9.17, 15) is 19.8 Å². The highest BCUT2D eigenvalue weighted by Gasteiger charge is 2.24. The predicted molar refractivity (Wildman–Crippen MR) is 282 cm³/mol. The SMILES string of the molecule is CC/C=C/C=C/C=C/CCCCCCCC(CC(=O)NC(CO)C(O)CCCCCCCCCCCCCCCCC)OC(=O)CCCCCCC/C=C/CCCCCCCCCCC. The average molecular weight is 913 g/mol. The lowest BCUT2D eigenvalue weighted by atomic mass is 10.0. The van der Waals surface area contributed by atoms with Gasteiger partial charge < -0.3 is 20.3 Å². The summed E-state index contributed by atoms with van der Waals surface area (Å²) in [5.74, 6) is -0.495. The van der Waals surface area contributed by atoms with Crippen LogP contribution in [-0.4, -0.2) is 46.9 Å². The van der Waals surface area contributed by atoms with Gasteiger partial charge in [-0.25, -0.2) is 0 Å². The maximum atomic E-state index is 13.2. The largest absolute Gasteiger partial charge is 0.462 e. The molecule has 3 unspecified atom stereocenters. The number of carbonyl (C=O) groups excluding carboxylic acids is 2. The summed E-state index contributed by atoms with van der Waals surface area (Å²) in [5.41, 5.74) is 0. The van der Waals surface area contributed by atoms with E-state index in [1.54, 1.807) is 0 Å². The van der Waals surface area contributed by atoms with Gasteiger partial charge in [0.25, 0.3) is 0 Å². The molecule has 0 aromatic rings. The van der Waals surface area contributed by atoms with E-state index in [1.165, 1.54) is 154 Å². The van der Waals surface area contributed by atoms with E-state index in [2.05, 4.69) is 74.7 Å². The van der Waals surface area contributed by atoms with E-state index in [0.717, 1.165) is 89.9 Å². The standard InChI is InChI=1S/C59H109NO5/c1-4-7-10-13-16-19-22-25-27-28-29-31-34-37-40-43-46-49-52-59(64)65-55(50-47-44-41-38-35-32-24-21-18-15-12-9-6-3)53-58(63)60-56(54-61)57(62)51-48-45-42-39-36-33-30-26-23-20-17-14-11-8-5-2/h9,12,15,18,21,24,29,31,55-57,61-62H,4-8,10-11,13-14,16-17,19-20,22-23,25-28,30,32-54H2,1-3H3,(H,60,63)/b12-9+,18-15+,24-21+,31-29+. The molecule has 65 heavy (non-hydrogen) atoms. The highest BCUT2D eigenvalue weighted by atomic mass is 16.5. The van der Waals surface area contributed by atoms with Gasteiger partial charge >= 0.3 is 5.97 Å². The normalized spacial score (nSPS) is 13.5. The van der Waals surface area contributed by atoms with Crippen LogP contribution in [0.4, 0.5) is 0 Å². The van der Waals surface area contributed by atoms with Crippen molar-refractivity contribution in [2.45, 2.75) is 309 Å². The van der Waals surface area contributed by atoms with Crippen molar-refractivity contribution < 1.29 is 24.5 Å². The number of nitrogens with one attached hydrogen (secondary N) is 1. The lowest BCUT2D eigenvalue weighted by molar-refractivity contribution is -0.151. The molecule has 0 aromatic carbocycles. The minimum absolute atomic E-state index is 0.0618. The molecule has 0 aliphatic heterocycles. The van der Waals surface area contributed by atoms with Gasteiger partial charge in [-0.05, 0) is 70.6 Å². The zero-order chi connectivity index (χ0) is 47.4. The molecule has 380 valence electrons. The van der Waals surface area contributed by atoms with Crippen LogP contribution in [0, 0.1) is 0 Å². The van der Waals surface area contributed by atoms with Crippen LogP contribution in [0.5, 0.6) is 0 Å². The van der Waals surface area contributed by atoms with Crippen LogP contribution in [0.1, 0.15) is 290 Å². The zero-order valence-corrected chi connectivity index (χ0v) is 43.4. The fourth-order valence-corrected chi connectivity index (χ4v) is 8.66. The van der Waals surface area contributed by atoms with Gasteiger partial charge in [0.1, 0.15) is 6.10 Å². The van der Waals surface area contributed by atoms with Gasteiger partial charge in [0.2, 0.25) is 5.91 Å². The number of aliphatic hydroxyl groups excluding tert-OH is 2. The summed E-state index contributed by atoms with van der Waals surface area (Å²) in [6, 6.07) is -0.710. The Morgan fingerprint density at radius 2 is 0.846 bits per heavy atom. The van der Waals surface area contributed by atoms with Crippen molar-refractivity contribution in [2.75, 3.05) is 6.61 Å². The summed E-state index contributed by atoms with van der Waals surface area (Å²) in [4.78, 5) is 26.2. The van der Waals surface area contributed by atoms with Crippen molar-refractivity contribution in [1.82, 2.24) is 5.32 Å². The summed E-state index contributed by atoms with van der Waals surface area (Å²) in [6.45, 7) is 6.37. The first-order chi connectivity index (χ1) is 32.0. The Hall–Kier alpha value is -2.18. The topological polar surface area (TPSA) is 95.9 Å². The summed E-state index contributed by atoms with van der Waals surface area (Å²) < 4.78 is 5.94. The van der Waals surface area contributed by atoms with E-state index in [1.807, 2.05) is 0 Å². The summed E-state index contributed by atoms with van der Waals surface area (Å²) in [6.07, 6.45) is 64.6. The molecule has 0 bridgehead atoms. The molecule has 0 saturated heterocycles. The number of amides is 1. The molecule has 0 fully saturated rings. The number of hydrogen-bond acceptors (Lipinski definition) is 5. The Labute approximate surface area is 404 Å². The van der Waals surface area contributed by atoms with Gasteiger partial charge in [-0.2, -0.15) is 0 Å². The molecule has 1 amide bonds. The quantitative estimate of drug-likeness (QED) is 0.0245. The second-order valence-electron chi connectivity index (χ2n) is 19.4. The lowest BCUT2D eigenvalue weighted by Crippen LogP contribution is -2.46. The monoisotopic (exact) mass is 912 g/mol. The first-order valence-electron chi connectivity index (χ1n) is 28.4. The Balaban J connectivity index is 4.53. The number of hydrogen-bond donors (Lipinski definition) is 3. The van der Waals surface area contributed by atoms with Crippen molar-refractivity contribution in [3.05, 3.63) is 48.6 Å². The number of ether oxygens (including phenoxy) is 1. The number of unbranched alkanes of at least 4 members (excludes halogenated alkanes) is 33. The molecule has 0 aliphatic carbocycles. The molecule has 6 nitrogen and oxygen atoms in total. The third-order valence-corrected chi connectivity index (χ3v) is 13.0. The molecule has 3 N–H and O–H groups in total. The predicted octanol–water partition coefficient (Wildman–Crippen LogP) is 17.4. The number of carbonyl (C=O) groups is 2. The second-order valence-corrected chi connectivity index (χ2v) is 19.4. The van der Waals surface area contributed by atoms with Crippen LogP contribution < -0.4 is 5.32 Å². The first kappa shape index (κ1) is 62.8. The smallest absolute Gasteiger partial charge is 0.306 e. The Morgan fingerprint density at radius 3 is 1.29 bits per heavy atom. The third-order valence-electron chi connectivity index (χ3n) is 13.0. The van der Waals surface area contributed by atoms with Gasteiger partial charge in [-0.3, -0.25) is 9.59 Å². The number of esters is 1. The minimum atomic E-state index is -0.795. The van der Waals surface area contributed by atoms with Gasteiger partial charge in [0.15, 0.2) is 0 Å². The van der Waals surface area contributed by atoms with E-state index in [0.29, 0.717) is 19.3 Å². The second kappa shape index (κ2) is 52.8. The molecule has 6 heteroatoms. The Morgan fingerprint density at radius 1 is 0.462 bits per heavy atom. The van der Waals surface area contributed by atoms with Crippen molar-refractivity contribution in [2.24, 2.45) is 0 Å². The molecular formula is C59H109NO5. The molecule has 0 spiro atoms. The third kappa shape index (κ3) is 48.1. The van der Waals surface area contributed by atoms with Gasteiger partial charge in [-0.15, -0.1) is 0 Å². The van der Waals surface area contributed by atoms with E-state index in [4.69, 9.17) is 4.74 Å². The summed E-state index contributed by atoms with van der Waals surface area (Å²) in [5, 5.41) is 23.9. The van der Waals surface area contributed by atoms with Crippen LogP contribution >= 0.6 is 0 Å². The molecule has 0 heterocycles. The van der Waals surface area contributed by atoms with Crippen molar-refractivity contribution >= 4 is 11.9 Å². The maximum Gasteiger partial charge on any atom is 0.306 e. The number of aliphatic hydroxyl groups is 2. The number of rotatable bonds is 51. The molecule has 0 saturated carbocycles. The Kier molecular flexibility index (Phi) is 51.0. The van der Waals surface area contributed by atoms with Crippen LogP contribution in [0.2, 0.25) is 0 Å². The van der Waals surface area contributed by atoms with Crippen LogP contribution in [0.3, 0.4) is 0 Å². The van der Waals surface area contributed by atoms with Crippen molar-refractivity contribution in [3.63, 3.8) is 0 Å². The molecule has 3 atom stereocenters.